The predicted octanol–water partition coefficient (Wildman–Crippen LogP) is 1.99. The van der Waals surface area contributed by atoms with E-state index in [2.05, 4.69) is 10.5 Å². The number of ether oxygens (including phenoxy) is 1. The molecule has 6 nitrogen and oxygen atoms in total. The fraction of sp³-hybridized carbons (Fsp3) is 0.467. The average Bonchev–Trinajstić information content (AvgIpc) is 2.47. The number of nitrogens with one attached hydrogen (secondary N) is 1. The summed E-state index contributed by atoms with van der Waals surface area (Å²) in [5, 5.41) is 14.7. The second-order valence-electron chi connectivity index (χ2n) is 5.22. The number of carbonyl (C=O) groups excluding carboxylic acids is 1. The fourth-order valence-electron chi connectivity index (χ4n) is 2.54. The van der Waals surface area contributed by atoms with Crippen molar-refractivity contribution in [3.63, 3.8) is 0 Å². The van der Waals surface area contributed by atoms with Crippen LogP contribution in [0, 0.1) is 6.92 Å². The minimum absolute atomic E-state index is 0.0164. The normalized spacial score (nSPS) is 19.3. The van der Waals surface area contributed by atoms with Gasteiger partial charge in [-0.1, -0.05) is 17.3 Å². The molecule has 0 aliphatic carbocycles. The number of anilines is 1. The quantitative estimate of drug-likeness (QED) is 0.342. The Balaban J connectivity index is 2.08. The van der Waals surface area contributed by atoms with E-state index in [1.807, 2.05) is 19.1 Å². The maximum Gasteiger partial charge on any atom is 0.227 e. The molecule has 0 aromatic heterocycles. The van der Waals surface area contributed by atoms with Crippen molar-refractivity contribution in [3.8, 4) is 0 Å². The summed E-state index contributed by atoms with van der Waals surface area (Å²) < 4.78 is 5.56. The lowest BCUT2D eigenvalue weighted by molar-refractivity contribution is -0.119. The molecule has 1 heterocycles. The van der Waals surface area contributed by atoms with Crippen LogP contribution in [0.1, 0.15) is 36.8 Å². The molecule has 1 atom stereocenters. The third kappa shape index (κ3) is 3.95. The molecule has 0 saturated carbocycles. The molecule has 114 valence electrons. The van der Waals surface area contributed by atoms with E-state index < -0.39 is 0 Å². The number of oxime groups is 1. The van der Waals surface area contributed by atoms with Gasteiger partial charge in [-0.25, -0.2) is 0 Å². The van der Waals surface area contributed by atoms with Crippen LogP contribution in [-0.2, 0) is 9.53 Å². The smallest absolute Gasteiger partial charge is 0.227 e. The zero-order valence-electron chi connectivity index (χ0n) is 12.1. The molecule has 1 aromatic rings. The molecule has 1 aliphatic heterocycles. The molecule has 1 saturated heterocycles. The molecule has 0 radical (unpaired) electrons. The van der Waals surface area contributed by atoms with E-state index in [-0.39, 0.29) is 17.8 Å². The molecule has 1 aromatic carbocycles. The molecule has 4 N–H and O–H groups in total. The first kappa shape index (κ1) is 15.3. The number of nitrogens with zero attached hydrogens (tertiary/aromatic N) is 1. The summed E-state index contributed by atoms with van der Waals surface area (Å²) in [6, 6.07) is 5.39. The summed E-state index contributed by atoms with van der Waals surface area (Å²) in [6.45, 7) is 2.56. The zero-order chi connectivity index (χ0) is 15.2. The van der Waals surface area contributed by atoms with Crippen molar-refractivity contribution in [2.24, 2.45) is 10.9 Å². The molecule has 1 amide bonds. The first-order valence-corrected chi connectivity index (χ1v) is 7.10. The van der Waals surface area contributed by atoms with Crippen LogP contribution in [0.3, 0.4) is 0 Å². The standard InChI is InChI=1S/C15H21N3O3/c1-10-5-4-7-12(14(10)15(16)18-20)17-13(19)9-11-6-2-3-8-21-11/h4-5,7,11,20H,2-3,6,8-9H2,1H3,(H2,16,18)(H,17,19). The summed E-state index contributed by atoms with van der Waals surface area (Å²) >= 11 is 0. The highest BCUT2D eigenvalue weighted by molar-refractivity contribution is 6.06. The van der Waals surface area contributed by atoms with Crippen LogP contribution >= 0.6 is 0 Å². The second-order valence-corrected chi connectivity index (χ2v) is 5.22. The van der Waals surface area contributed by atoms with E-state index in [1.54, 1.807) is 6.07 Å². The summed E-state index contributed by atoms with van der Waals surface area (Å²) in [5.41, 5.74) is 7.60. The molecule has 2 rings (SSSR count). The number of benzene rings is 1. The maximum atomic E-state index is 12.1. The Hall–Kier alpha value is -2.08. The summed E-state index contributed by atoms with van der Waals surface area (Å²) in [4.78, 5) is 12.1. The van der Waals surface area contributed by atoms with E-state index in [1.165, 1.54) is 0 Å². The van der Waals surface area contributed by atoms with Gasteiger partial charge in [-0.15, -0.1) is 0 Å². The van der Waals surface area contributed by atoms with Crippen LogP contribution in [0.15, 0.2) is 23.4 Å². The van der Waals surface area contributed by atoms with Gasteiger partial charge in [0.2, 0.25) is 5.91 Å². The molecule has 1 fully saturated rings. The average molecular weight is 291 g/mol. The van der Waals surface area contributed by atoms with E-state index in [9.17, 15) is 4.79 Å². The summed E-state index contributed by atoms with van der Waals surface area (Å²) in [7, 11) is 0. The van der Waals surface area contributed by atoms with Crippen molar-refractivity contribution in [2.75, 3.05) is 11.9 Å². The molecular formula is C15H21N3O3. The lowest BCUT2D eigenvalue weighted by atomic mass is 10.0. The molecule has 21 heavy (non-hydrogen) atoms. The third-order valence-corrected chi connectivity index (χ3v) is 3.60. The zero-order valence-corrected chi connectivity index (χ0v) is 12.1. The second kappa shape index (κ2) is 7.08. The Kier molecular flexibility index (Phi) is 5.16. The van der Waals surface area contributed by atoms with Gasteiger partial charge in [-0.3, -0.25) is 4.79 Å². The van der Waals surface area contributed by atoms with Gasteiger partial charge in [-0.2, -0.15) is 0 Å². The molecular weight excluding hydrogens is 270 g/mol. The van der Waals surface area contributed by atoms with Crippen LogP contribution in [0.4, 0.5) is 5.69 Å². The lowest BCUT2D eigenvalue weighted by Gasteiger charge is -2.22. The van der Waals surface area contributed by atoms with Crippen molar-refractivity contribution in [1.82, 2.24) is 0 Å². The molecule has 0 bridgehead atoms. The van der Waals surface area contributed by atoms with Gasteiger partial charge in [0.1, 0.15) is 0 Å². The third-order valence-electron chi connectivity index (χ3n) is 3.60. The summed E-state index contributed by atoms with van der Waals surface area (Å²) in [6.07, 6.45) is 3.37. The van der Waals surface area contributed by atoms with E-state index in [0.717, 1.165) is 31.4 Å². The SMILES string of the molecule is Cc1cccc(NC(=O)CC2CCCCO2)c1/C(N)=N/O. The molecule has 0 spiro atoms. The van der Waals surface area contributed by atoms with Crippen LogP contribution in [0.2, 0.25) is 0 Å². The largest absolute Gasteiger partial charge is 0.409 e. The van der Waals surface area contributed by atoms with Gasteiger partial charge in [-0.05, 0) is 37.8 Å². The number of hydrogen-bond donors (Lipinski definition) is 3. The van der Waals surface area contributed by atoms with Gasteiger partial charge in [0.05, 0.1) is 18.2 Å². The Morgan fingerprint density at radius 2 is 2.33 bits per heavy atom. The highest BCUT2D eigenvalue weighted by Crippen LogP contribution is 2.21. The topological polar surface area (TPSA) is 96.9 Å². The lowest BCUT2D eigenvalue weighted by Crippen LogP contribution is -2.26. The number of hydrogen-bond acceptors (Lipinski definition) is 4. The highest BCUT2D eigenvalue weighted by atomic mass is 16.5. The minimum Gasteiger partial charge on any atom is -0.409 e. The Morgan fingerprint density at radius 3 is 3.00 bits per heavy atom. The van der Waals surface area contributed by atoms with Gasteiger partial charge in [0.15, 0.2) is 5.84 Å². The van der Waals surface area contributed by atoms with Crippen molar-refractivity contribution >= 4 is 17.4 Å². The van der Waals surface area contributed by atoms with E-state index in [4.69, 9.17) is 15.7 Å². The van der Waals surface area contributed by atoms with E-state index in [0.29, 0.717) is 17.7 Å². The summed E-state index contributed by atoms with van der Waals surface area (Å²) in [5.74, 6) is -0.142. The van der Waals surface area contributed by atoms with Crippen molar-refractivity contribution in [1.29, 1.82) is 0 Å². The minimum atomic E-state index is -0.125. The van der Waals surface area contributed by atoms with Crippen molar-refractivity contribution in [2.45, 2.75) is 38.7 Å². The predicted molar refractivity (Wildman–Crippen MR) is 80.5 cm³/mol. The van der Waals surface area contributed by atoms with Gasteiger partial charge in [0, 0.05) is 12.2 Å². The first-order chi connectivity index (χ1) is 10.1. The Labute approximate surface area is 124 Å². The Morgan fingerprint density at radius 1 is 1.52 bits per heavy atom. The van der Waals surface area contributed by atoms with Gasteiger partial charge >= 0.3 is 0 Å². The number of nitrogens with two attached hydrogens (primary N) is 1. The molecule has 6 heteroatoms. The number of rotatable bonds is 4. The number of amides is 1. The monoisotopic (exact) mass is 291 g/mol. The fourth-order valence-corrected chi connectivity index (χ4v) is 2.54. The van der Waals surface area contributed by atoms with Crippen LogP contribution in [0.5, 0.6) is 0 Å². The first-order valence-electron chi connectivity index (χ1n) is 7.10. The maximum absolute atomic E-state index is 12.1. The number of amidine groups is 1. The van der Waals surface area contributed by atoms with E-state index >= 15 is 0 Å². The van der Waals surface area contributed by atoms with Crippen LogP contribution in [-0.4, -0.2) is 29.7 Å². The van der Waals surface area contributed by atoms with Gasteiger partial charge < -0.3 is 21.0 Å². The van der Waals surface area contributed by atoms with Crippen LogP contribution < -0.4 is 11.1 Å². The van der Waals surface area contributed by atoms with Crippen LogP contribution in [0.25, 0.3) is 0 Å². The molecule has 1 aliphatic rings. The number of carbonyl (C=O) groups is 1. The molecule has 1 unspecified atom stereocenters. The van der Waals surface area contributed by atoms with Crippen molar-refractivity contribution < 1.29 is 14.7 Å². The van der Waals surface area contributed by atoms with Crippen molar-refractivity contribution in [3.05, 3.63) is 29.3 Å². The Bertz CT molecular complexity index is 537. The highest BCUT2D eigenvalue weighted by Gasteiger charge is 2.19. The number of aryl methyl sites for hydroxylation is 1. The van der Waals surface area contributed by atoms with Gasteiger partial charge in [0.25, 0.3) is 0 Å².